The minimum absolute atomic E-state index is 0.123. The van der Waals surface area contributed by atoms with Crippen molar-refractivity contribution >= 4 is 20.1 Å². The summed E-state index contributed by atoms with van der Waals surface area (Å²) in [4.78, 5) is 4.01. The van der Waals surface area contributed by atoms with Crippen molar-refractivity contribution in [2.24, 2.45) is 0 Å². The Bertz CT molecular complexity index is 898. The molecule has 0 aromatic heterocycles. The van der Waals surface area contributed by atoms with Gasteiger partial charge in [0.25, 0.3) is 0 Å². The van der Waals surface area contributed by atoms with Crippen LogP contribution in [-0.4, -0.2) is 41.7 Å². The van der Waals surface area contributed by atoms with Crippen LogP contribution in [0.5, 0.6) is 5.75 Å². The van der Waals surface area contributed by atoms with Gasteiger partial charge in [0.2, 0.25) is 8.32 Å². The molecule has 5 heteroatoms. The Morgan fingerprint density at radius 1 is 0.970 bits per heavy atom. The van der Waals surface area contributed by atoms with Gasteiger partial charge >= 0.3 is 0 Å². The van der Waals surface area contributed by atoms with Crippen molar-refractivity contribution in [1.82, 2.24) is 4.90 Å². The molecule has 180 valence electrons. The average Bonchev–Trinajstić information content (AvgIpc) is 3.03. The van der Waals surface area contributed by atoms with E-state index in [-0.39, 0.29) is 11.1 Å². The average molecular weight is 484 g/mol. The Morgan fingerprint density at radius 3 is 2.09 bits per heavy atom. The number of piperidine rings is 1. The molecule has 0 amide bonds. The Kier molecular flexibility index (Phi) is 7.35. The lowest BCUT2D eigenvalue weighted by atomic mass is 9.95. The predicted octanol–water partition coefficient (Wildman–Crippen LogP) is 7.28. The van der Waals surface area contributed by atoms with Crippen LogP contribution in [0.2, 0.25) is 18.1 Å². The molecule has 0 spiro atoms. The molecule has 2 fully saturated rings. The quantitative estimate of drug-likeness (QED) is 0.419. The van der Waals surface area contributed by atoms with E-state index in [1.165, 1.54) is 30.6 Å². The molecule has 0 aliphatic carbocycles. The van der Waals surface area contributed by atoms with Gasteiger partial charge in [0.15, 0.2) is 0 Å². The lowest BCUT2D eigenvalue weighted by molar-refractivity contribution is 0.0115. The summed E-state index contributed by atoms with van der Waals surface area (Å²) >= 11 is 2.04. The number of aliphatic hydroxyl groups is 1. The molecule has 4 rings (SSSR count). The first kappa shape index (κ1) is 24.8. The number of aliphatic hydroxyl groups excluding tert-OH is 1. The van der Waals surface area contributed by atoms with Crippen molar-refractivity contribution in [3.8, 4) is 5.75 Å². The van der Waals surface area contributed by atoms with Crippen LogP contribution >= 0.6 is 11.8 Å². The van der Waals surface area contributed by atoms with Crippen molar-refractivity contribution in [3.05, 3.63) is 60.2 Å². The van der Waals surface area contributed by atoms with Crippen LogP contribution in [0.1, 0.15) is 65.0 Å². The Morgan fingerprint density at radius 2 is 1.55 bits per heavy atom. The molecule has 2 aliphatic rings. The lowest BCUT2D eigenvalue weighted by Crippen LogP contribution is -2.50. The molecule has 4 atom stereocenters. The highest BCUT2D eigenvalue weighted by atomic mass is 32.2. The molecule has 2 saturated heterocycles. The topological polar surface area (TPSA) is 32.7 Å². The number of rotatable bonds is 7. The smallest absolute Gasteiger partial charge is 0.250 e. The molecule has 2 aromatic rings. The van der Waals surface area contributed by atoms with Crippen LogP contribution in [0, 0.1) is 0 Å². The van der Waals surface area contributed by atoms with Crippen molar-refractivity contribution in [1.29, 1.82) is 0 Å². The fourth-order valence-electron chi connectivity index (χ4n) is 5.24. The number of nitrogens with zero attached hydrogens (tertiary/aromatic N) is 1. The van der Waals surface area contributed by atoms with Gasteiger partial charge < -0.3 is 9.53 Å². The molecule has 4 unspecified atom stereocenters. The third-order valence-electron chi connectivity index (χ3n) is 8.12. The fraction of sp³-hybridized carbons (Fsp3) is 0.571. The Labute approximate surface area is 206 Å². The first-order valence-corrected chi connectivity index (χ1v) is 16.3. The van der Waals surface area contributed by atoms with Gasteiger partial charge in [0.05, 0.1) is 6.10 Å². The molecule has 2 aromatic carbocycles. The summed E-state index contributed by atoms with van der Waals surface area (Å²) < 4.78 is 6.43. The van der Waals surface area contributed by atoms with Crippen molar-refractivity contribution < 1.29 is 9.53 Å². The van der Waals surface area contributed by atoms with E-state index in [9.17, 15) is 5.11 Å². The van der Waals surface area contributed by atoms with Crippen LogP contribution in [-0.2, 0) is 0 Å². The number of benzene rings is 2. The van der Waals surface area contributed by atoms with Crippen LogP contribution in [0.3, 0.4) is 0 Å². The third kappa shape index (κ3) is 5.53. The zero-order chi connectivity index (χ0) is 23.8. The van der Waals surface area contributed by atoms with Gasteiger partial charge in [-0.15, -0.1) is 11.8 Å². The molecule has 2 bridgehead atoms. The van der Waals surface area contributed by atoms with E-state index < -0.39 is 14.4 Å². The first-order valence-electron chi connectivity index (χ1n) is 12.5. The highest BCUT2D eigenvalue weighted by Crippen LogP contribution is 2.45. The third-order valence-corrected chi connectivity index (χ3v) is 13.7. The second-order valence-corrected chi connectivity index (χ2v) is 17.6. The van der Waals surface area contributed by atoms with Crippen molar-refractivity contribution in [2.75, 3.05) is 0 Å². The molecule has 1 N–H and O–H groups in total. The van der Waals surface area contributed by atoms with Crippen LogP contribution in [0.15, 0.2) is 59.5 Å². The second kappa shape index (κ2) is 9.77. The van der Waals surface area contributed by atoms with Crippen LogP contribution < -0.4 is 4.43 Å². The van der Waals surface area contributed by atoms with Gasteiger partial charge in [-0.2, -0.15) is 0 Å². The van der Waals surface area contributed by atoms with Gasteiger partial charge in [-0.25, -0.2) is 0 Å². The Hall–Kier alpha value is -1.27. The lowest BCUT2D eigenvalue weighted by Gasteiger charge is -2.44. The molecule has 2 heterocycles. The number of hydrogen-bond donors (Lipinski definition) is 1. The number of fused-ring (bicyclic) bond motifs is 2. The monoisotopic (exact) mass is 483 g/mol. The van der Waals surface area contributed by atoms with Gasteiger partial charge in [0.1, 0.15) is 5.75 Å². The highest BCUT2D eigenvalue weighted by Gasteiger charge is 2.44. The maximum absolute atomic E-state index is 11.3. The first-order chi connectivity index (χ1) is 15.5. The predicted molar refractivity (Wildman–Crippen MR) is 143 cm³/mol. The van der Waals surface area contributed by atoms with E-state index in [0.29, 0.717) is 17.3 Å². The molecule has 2 aliphatic heterocycles. The van der Waals surface area contributed by atoms with Gasteiger partial charge in [0, 0.05) is 28.3 Å². The van der Waals surface area contributed by atoms with Gasteiger partial charge in [-0.1, -0.05) is 51.1 Å². The van der Waals surface area contributed by atoms with Gasteiger partial charge in [-0.3, -0.25) is 4.90 Å². The van der Waals surface area contributed by atoms with E-state index in [4.69, 9.17) is 4.43 Å². The standard InChI is InChI=1S/C28H41NO2SSi/c1-20(27(30)21-12-16-24(17-13-21)31-33(5,6)28(2,3)4)29-22-14-15-23(29)19-26(18-22)32-25-10-8-7-9-11-25/h7-13,16-17,20,22-23,26-27,30H,14-15,18-19H2,1-6H3. The summed E-state index contributed by atoms with van der Waals surface area (Å²) in [7, 11) is -1.86. The normalized spacial score (nSPS) is 25.6. The minimum Gasteiger partial charge on any atom is -0.544 e. The summed E-state index contributed by atoms with van der Waals surface area (Å²) in [5.74, 6) is 0.920. The number of thioether (sulfide) groups is 1. The summed E-state index contributed by atoms with van der Waals surface area (Å²) in [6, 6.07) is 20.3. The van der Waals surface area contributed by atoms with Gasteiger partial charge in [-0.05, 0) is 80.6 Å². The molecular weight excluding hydrogens is 442 g/mol. The summed E-state index contributed by atoms with van der Waals surface area (Å²) in [5.41, 5.74) is 0.991. The largest absolute Gasteiger partial charge is 0.544 e. The SMILES string of the molecule is CC(C(O)c1ccc(O[Si](C)(C)C(C)(C)C)cc1)N1C2CCC1CC(Sc1ccccc1)C2. The molecule has 0 radical (unpaired) electrons. The second-order valence-electron chi connectivity index (χ2n) is 11.5. The van der Waals surface area contributed by atoms with E-state index >= 15 is 0 Å². The maximum atomic E-state index is 11.3. The van der Waals surface area contributed by atoms with Crippen molar-refractivity contribution in [3.63, 3.8) is 0 Å². The number of hydrogen-bond acceptors (Lipinski definition) is 4. The Balaban J connectivity index is 1.39. The van der Waals surface area contributed by atoms with E-state index in [2.05, 4.69) is 88.2 Å². The zero-order valence-corrected chi connectivity index (χ0v) is 22.9. The summed E-state index contributed by atoms with van der Waals surface area (Å²) in [6.07, 6.45) is 4.46. The molecular formula is C28H41NO2SSi. The van der Waals surface area contributed by atoms with E-state index in [1.807, 2.05) is 23.9 Å². The summed E-state index contributed by atoms with van der Waals surface area (Å²) in [5, 5.41) is 12.1. The summed E-state index contributed by atoms with van der Waals surface area (Å²) in [6.45, 7) is 13.5. The molecule has 3 nitrogen and oxygen atoms in total. The van der Waals surface area contributed by atoms with Crippen molar-refractivity contribution in [2.45, 2.75) is 106 Å². The minimum atomic E-state index is -1.86. The zero-order valence-electron chi connectivity index (χ0n) is 21.1. The fourth-order valence-corrected chi connectivity index (χ4v) is 7.61. The molecule has 33 heavy (non-hydrogen) atoms. The van der Waals surface area contributed by atoms with E-state index in [1.54, 1.807) is 0 Å². The van der Waals surface area contributed by atoms with Crippen LogP contribution in [0.25, 0.3) is 0 Å². The molecule has 0 saturated carbocycles. The maximum Gasteiger partial charge on any atom is 0.250 e. The highest BCUT2D eigenvalue weighted by molar-refractivity contribution is 8.00. The van der Waals surface area contributed by atoms with Crippen LogP contribution in [0.4, 0.5) is 0 Å². The van der Waals surface area contributed by atoms with E-state index in [0.717, 1.165) is 11.3 Å².